The second-order valence-electron chi connectivity index (χ2n) is 4.91. The van der Waals surface area contributed by atoms with Crippen LogP contribution in [0.4, 0.5) is 0 Å². The maximum atomic E-state index is 12.4. The van der Waals surface area contributed by atoms with Crippen molar-refractivity contribution in [2.45, 2.75) is 39.3 Å². The highest BCUT2D eigenvalue weighted by atomic mass is 79.9. The number of hydrogen-bond donors (Lipinski definition) is 1. The molecule has 0 saturated carbocycles. The van der Waals surface area contributed by atoms with E-state index >= 15 is 0 Å². The lowest BCUT2D eigenvalue weighted by Gasteiger charge is -2.12. The summed E-state index contributed by atoms with van der Waals surface area (Å²) in [6.07, 6.45) is 1.12. The number of ketones is 1. The highest BCUT2D eigenvalue weighted by Gasteiger charge is 2.21. The van der Waals surface area contributed by atoms with Crippen LogP contribution in [0, 0.1) is 0 Å². The molecule has 2 aromatic rings. The smallest absolute Gasteiger partial charge is 0.160 e. The third-order valence-corrected chi connectivity index (χ3v) is 4.46. The van der Waals surface area contributed by atoms with E-state index in [-0.39, 0.29) is 12.2 Å². The van der Waals surface area contributed by atoms with Crippen molar-refractivity contribution in [3.8, 4) is 0 Å². The van der Waals surface area contributed by atoms with Crippen LogP contribution in [0.2, 0.25) is 0 Å². The van der Waals surface area contributed by atoms with Crippen LogP contribution in [0.3, 0.4) is 0 Å². The molecule has 112 valence electrons. The fourth-order valence-electron chi connectivity index (χ4n) is 2.31. The molecular formula is C16H20BrN3O. The Kier molecular flexibility index (Phi) is 5.31. The molecule has 0 radical (unpaired) electrons. The Balaban J connectivity index is 2.22. The molecule has 2 N–H and O–H groups in total. The highest BCUT2D eigenvalue weighted by Crippen LogP contribution is 2.24. The first-order chi connectivity index (χ1) is 10.1. The predicted octanol–water partition coefficient (Wildman–Crippen LogP) is 3.04. The van der Waals surface area contributed by atoms with E-state index in [0.717, 1.165) is 34.4 Å². The SMILES string of the molecule is CCc1nn(CC)c(CC(=O)C(N)c2ccccc2)c1Br. The number of hydrogen-bond acceptors (Lipinski definition) is 3. The molecule has 0 aliphatic heterocycles. The van der Waals surface area contributed by atoms with Crippen LogP contribution in [-0.4, -0.2) is 15.6 Å². The number of halogens is 1. The Morgan fingerprint density at radius 2 is 2.00 bits per heavy atom. The molecule has 0 spiro atoms. The minimum atomic E-state index is -0.594. The summed E-state index contributed by atoms with van der Waals surface area (Å²) in [5, 5.41) is 4.51. The molecule has 0 bridgehead atoms. The third-order valence-electron chi connectivity index (χ3n) is 3.54. The van der Waals surface area contributed by atoms with Gasteiger partial charge in [-0.15, -0.1) is 0 Å². The lowest BCUT2D eigenvalue weighted by atomic mass is 10.0. The van der Waals surface area contributed by atoms with Gasteiger partial charge in [-0.1, -0.05) is 37.3 Å². The largest absolute Gasteiger partial charge is 0.318 e. The van der Waals surface area contributed by atoms with E-state index in [1.165, 1.54) is 0 Å². The van der Waals surface area contributed by atoms with E-state index in [9.17, 15) is 4.79 Å². The molecule has 1 heterocycles. The van der Waals surface area contributed by atoms with Crippen molar-refractivity contribution in [3.63, 3.8) is 0 Å². The second-order valence-corrected chi connectivity index (χ2v) is 5.70. The Morgan fingerprint density at radius 1 is 1.33 bits per heavy atom. The molecule has 0 fully saturated rings. The van der Waals surface area contributed by atoms with Gasteiger partial charge in [-0.3, -0.25) is 9.48 Å². The zero-order valence-corrected chi connectivity index (χ0v) is 13.9. The molecule has 0 aliphatic carbocycles. The van der Waals surface area contributed by atoms with Crippen molar-refractivity contribution in [2.75, 3.05) is 0 Å². The summed E-state index contributed by atoms with van der Waals surface area (Å²) in [6.45, 7) is 4.81. The first kappa shape index (κ1) is 15.9. The summed E-state index contributed by atoms with van der Waals surface area (Å²) >= 11 is 3.56. The van der Waals surface area contributed by atoms with Gasteiger partial charge in [-0.05, 0) is 34.8 Å². The molecule has 2 rings (SSSR count). The summed E-state index contributed by atoms with van der Waals surface area (Å²) in [5.41, 5.74) is 8.80. The normalized spacial score (nSPS) is 12.4. The maximum Gasteiger partial charge on any atom is 0.160 e. The average Bonchev–Trinajstić information content (AvgIpc) is 2.83. The molecule has 1 aromatic heterocycles. The van der Waals surface area contributed by atoms with Gasteiger partial charge in [0.05, 0.1) is 28.3 Å². The van der Waals surface area contributed by atoms with Gasteiger partial charge in [-0.25, -0.2) is 0 Å². The van der Waals surface area contributed by atoms with Crippen molar-refractivity contribution in [3.05, 3.63) is 51.8 Å². The Labute approximate surface area is 133 Å². The molecule has 4 nitrogen and oxygen atoms in total. The van der Waals surface area contributed by atoms with Crippen LogP contribution in [0.5, 0.6) is 0 Å². The number of benzene rings is 1. The van der Waals surface area contributed by atoms with Gasteiger partial charge in [0.2, 0.25) is 0 Å². The molecule has 1 unspecified atom stereocenters. The van der Waals surface area contributed by atoms with E-state index in [1.54, 1.807) is 0 Å². The summed E-state index contributed by atoms with van der Waals surface area (Å²) in [4.78, 5) is 12.4. The first-order valence-electron chi connectivity index (χ1n) is 7.15. The van der Waals surface area contributed by atoms with Crippen LogP contribution in [-0.2, 0) is 24.2 Å². The van der Waals surface area contributed by atoms with Gasteiger partial charge in [0, 0.05) is 6.54 Å². The zero-order valence-electron chi connectivity index (χ0n) is 12.3. The highest BCUT2D eigenvalue weighted by molar-refractivity contribution is 9.10. The molecule has 21 heavy (non-hydrogen) atoms. The van der Waals surface area contributed by atoms with Crippen LogP contribution in [0.1, 0.15) is 36.8 Å². The standard InChI is InChI=1S/C16H20BrN3O/c1-3-12-15(17)13(20(4-2)19-12)10-14(21)16(18)11-8-6-5-7-9-11/h5-9,16H,3-4,10,18H2,1-2H3. The van der Waals surface area contributed by atoms with Gasteiger partial charge in [0.25, 0.3) is 0 Å². The van der Waals surface area contributed by atoms with Gasteiger partial charge in [0.1, 0.15) is 0 Å². The lowest BCUT2D eigenvalue weighted by Crippen LogP contribution is -2.24. The number of carbonyl (C=O) groups excluding carboxylic acids is 1. The van der Waals surface area contributed by atoms with Crippen molar-refractivity contribution in [2.24, 2.45) is 5.73 Å². The average molecular weight is 350 g/mol. The van der Waals surface area contributed by atoms with E-state index in [1.807, 2.05) is 48.9 Å². The predicted molar refractivity (Wildman–Crippen MR) is 87.1 cm³/mol. The van der Waals surface area contributed by atoms with Gasteiger partial charge in [-0.2, -0.15) is 5.10 Å². The molecule has 1 aromatic carbocycles. The van der Waals surface area contributed by atoms with Crippen LogP contribution >= 0.6 is 15.9 Å². The van der Waals surface area contributed by atoms with Crippen molar-refractivity contribution >= 4 is 21.7 Å². The number of nitrogens with two attached hydrogens (primary N) is 1. The topological polar surface area (TPSA) is 60.9 Å². The van der Waals surface area contributed by atoms with E-state index in [4.69, 9.17) is 5.73 Å². The van der Waals surface area contributed by atoms with Gasteiger partial charge < -0.3 is 5.73 Å². The second kappa shape index (κ2) is 7.00. The lowest BCUT2D eigenvalue weighted by molar-refractivity contribution is -0.119. The summed E-state index contributed by atoms with van der Waals surface area (Å²) in [7, 11) is 0. The zero-order chi connectivity index (χ0) is 15.4. The Bertz CT molecular complexity index is 622. The number of aromatic nitrogens is 2. The monoisotopic (exact) mass is 349 g/mol. The molecule has 0 saturated heterocycles. The van der Waals surface area contributed by atoms with Crippen LogP contribution in [0.25, 0.3) is 0 Å². The van der Waals surface area contributed by atoms with Crippen LogP contribution < -0.4 is 5.73 Å². The number of nitrogens with zero attached hydrogens (tertiary/aromatic N) is 2. The summed E-state index contributed by atoms with van der Waals surface area (Å²) in [5.74, 6) is -0.000784. The van der Waals surface area contributed by atoms with Crippen molar-refractivity contribution < 1.29 is 4.79 Å². The fourth-order valence-corrected chi connectivity index (χ4v) is 3.01. The number of Topliss-reactive ketones (excluding diaryl/α,β-unsaturated/α-hetero) is 1. The maximum absolute atomic E-state index is 12.4. The number of aryl methyl sites for hydroxylation is 2. The molecule has 5 heteroatoms. The molecule has 1 atom stereocenters. The fraction of sp³-hybridized carbons (Fsp3) is 0.375. The minimum absolute atomic E-state index is 0.000784. The summed E-state index contributed by atoms with van der Waals surface area (Å²) in [6, 6.07) is 8.87. The van der Waals surface area contributed by atoms with Crippen molar-refractivity contribution in [1.29, 1.82) is 0 Å². The molecule has 0 aliphatic rings. The summed E-state index contributed by atoms with van der Waals surface area (Å²) < 4.78 is 2.80. The third kappa shape index (κ3) is 3.41. The van der Waals surface area contributed by atoms with E-state index < -0.39 is 6.04 Å². The Morgan fingerprint density at radius 3 is 2.57 bits per heavy atom. The first-order valence-corrected chi connectivity index (χ1v) is 7.95. The van der Waals surface area contributed by atoms with E-state index in [2.05, 4.69) is 21.0 Å². The molecular weight excluding hydrogens is 330 g/mol. The quantitative estimate of drug-likeness (QED) is 0.871. The van der Waals surface area contributed by atoms with Gasteiger partial charge >= 0.3 is 0 Å². The Hall–Kier alpha value is -1.46. The van der Waals surface area contributed by atoms with Crippen molar-refractivity contribution in [1.82, 2.24) is 9.78 Å². The van der Waals surface area contributed by atoms with Gasteiger partial charge in [0.15, 0.2) is 5.78 Å². The molecule has 0 amide bonds. The van der Waals surface area contributed by atoms with Crippen LogP contribution in [0.15, 0.2) is 34.8 Å². The number of carbonyl (C=O) groups is 1. The van der Waals surface area contributed by atoms with E-state index in [0.29, 0.717) is 0 Å². The minimum Gasteiger partial charge on any atom is -0.318 e. The number of rotatable bonds is 6.